The predicted molar refractivity (Wildman–Crippen MR) is 88.7 cm³/mol. The number of benzene rings is 1. The van der Waals surface area contributed by atoms with E-state index < -0.39 is 0 Å². The second-order valence-electron chi connectivity index (χ2n) is 4.94. The maximum Gasteiger partial charge on any atom is 0.0649 e. The zero-order chi connectivity index (χ0) is 13.9. The molecule has 3 nitrogen and oxygen atoms in total. The highest BCUT2D eigenvalue weighted by molar-refractivity contribution is 8.07. The van der Waals surface area contributed by atoms with E-state index in [1.54, 1.807) is 0 Å². The summed E-state index contributed by atoms with van der Waals surface area (Å²) in [5.74, 6) is 2.42. The fraction of sp³-hybridized carbons (Fsp3) is 0.400. The van der Waals surface area contributed by atoms with Crippen molar-refractivity contribution < 1.29 is 0 Å². The molecule has 0 saturated carbocycles. The Kier molecular flexibility index (Phi) is 4.38. The van der Waals surface area contributed by atoms with Gasteiger partial charge in [-0.3, -0.25) is 0 Å². The Balaban J connectivity index is 1.89. The molecule has 3 atom stereocenters. The molecule has 0 bridgehead atoms. The van der Waals surface area contributed by atoms with E-state index in [2.05, 4.69) is 24.2 Å². The maximum absolute atomic E-state index is 6.55. The van der Waals surface area contributed by atoms with Gasteiger partial charge in [-0.25, -0.2) is 4.68 Å². The molecule has 0 radical (unpaired) electrons. The second-order valence-corrected chi connectivity index (χ2v) is 7.71. The third kappa shape index (κ3) is 2.75. The summed E-state index contributed by atoms with van der Waals surface area (Å²) >= 11 is 4.02. The van der Waals surface area contributed by atoms with Gasteiger partial charge in [-0.05, 0) is 18.2 Å². The molecular weight excluding hydrogens is 286 g/mol. The van der Waals surface area contributed by atoms with E-state index in [9.17, 15) is 0 Å². The Hall–Kier alpha value is -0.910. The Labute approximate surface area is 128 Å². The van der Waals surface area contributed by atoms with Crippen LogP contribution in [0.5, 0.6) is 0 Å². The minimum atomic E-state index is 0.0190. The largest absolute Gasteiger partial charge is 0.322 e. The number of nitrogens with zero attached hydrogens (tertiary/aromatic N) is 2. The SMILES string of the molecule is CC1SCCSC1C(N)c1ccnn1-c1ccccc1. The van der Waals surface area contributed by atoms with Gasteiger partial charge in [-0.15, -0.1) is 0 Å². The highest BCUT2D eigenvalue weighted by atomic mass is 32.2. The fourth-order valence-electron chi connectivity index (χ4n) is 2.56. The minimum Gasteiger partial charge on any atom is -0.322 e. The number of thioether (sulfide) groups is 2. The molecule has 3 rings (SSSR count). The van der Waals surface area contributed by atoms with Crippen molar-refractivity contribution in [3.05, 3.63) is 48.3 Å². The van der Waals surface area contributed by atoms with Crippen LogP contribution in [0.3, 0.4) is 0 Å². The smallest absolute Gasteiger partial charge is 0.0649 e. The average molecular weight is 305 g/mol. The zero-order valence-corrected chi connectivity index (χ0v) is 13.1. The monoisotopic (exact) mass is 305 g/mol. The third-order valence-electron chi connectivity index (χ3n) is 3.61. The summed E-state index contributed by atoms with van der Waals surface area (Å²) in [5, 5.41) is 5.49. The lowest BCUT2D eigenvalue weighted by Gasteiger charge is -2.32. The molecule has 1 aromatic carbocycles. The van der Waals surface area contributed by atoms with Crippen LogP contribution < -0.4 is 5.73 Å². The molecule has 106 valence electrons. The highest BCUT2D eigenvalue weighted by Gasteiger charge is 2.30. The van der Waals surface area contributed by atoms with Crippen molar-refractivity contribution >= 4 is 23.5 Å². The quantitative estimate of drug-likeness (QED) is 0.946. The van der Waals surface area contributed by atoms with Gasteiger partial charge in [0.25, 0.3) is 0 Å². The van der Waals surface area contributed by atoms with Crippen molar-refractivity contribution in [2.75, 3.05) is 11.5 Å². The van der Waals surface area contributed by atoms with E-state index in [-0.39, 0.29) is 6.04 Å². The number of rotatable bonds is 3. The van der Waals surface area contributed by atoms with Gasteiger partial charge < -0.3 is 5.73 Å². The molecule has 0 aliphatic carbocycles. The molecule has 0 spiro atoms. The van der Waals surface area contributed by atoms with Gasteiger partial charge in [0.2, 0.25) is 0 Å². The molecule has 2 heterocycles. The van der Waals surface area contributed by atoms with Crippen molar-refractivity contribution in [2.45, 2.75) is 23.5 Å². The van der Waals surface area contributed by atoms with E-state index in [1.807, 2.05) is 58.7 Å². The lowest BCUT2D eigenvalue weighted by Crippen LogP contribution is -2.35. The molecule has 1 aliphatic rings. The summed E-state index contributed by atoms with van der Waals surface area (Å²) < 4.78 is 1.97. The van der Waals surface area contributed by atoms with Gasteiger partial charge in [0, 0.05) is 28.2 Å². The van der Waals surface area contributed by atoms with Crippen LogP contribution in [0.2, 0.25) is 0 Å². The predicted octanol–water partition coefficient (Wildman–Crippen LogP) is 3.11. The molecule has 3 unspecified atom stereocenters. The topological polar surface area (TPSA) is 43.8 Å². The van der Waals surface area contributed by atoms with Crippen LogP contribution in [0.15, 0.2) is 42.6 Å². The zero-order valence-electron chi connectivity index (χ0n) is 11.5. The van der Waals surface area contributed by atoms with Crippen LogP contribution >= 0.6 is 23.5 Å². The summed E-state index contributed by atoms with van der Waals surface area (Å²) in [5.41, 5.74) is 8.72. The van der Waals surface area contributed by atoms with E-state index in [0.29, 0.717) is 10.5 Å². The van der Waals surface area contributed by atoms with Crippen LogP contribution in [0.1, 0.15) is 18.7 Å². The summed E-state index contributed by atoms with van der Waals surface area (Å²) in [6.45, 7) is 2.28. The van der Waals surface area contributed by atoms with E-state index in [4.69, 9.17) is 5.73 Å². The molecule has 1 fully saturated rings. The first-order valence-corrected chi connectivity index (χ1v) is 8.95. The molecule has 5 heteroatoms. The number of hydrogen-bond donors (Lipinski definition) is 1. The number of aromatic nitrogens is 2. The average Bonchev–Trinajstić information content (AvgIpc) is 2.97. The molecule has 1 aliphatic heterocycles. The second kappa shape index (κ2) is 6.24. The number of hydrogen-bond acceptors (Lipinski definition) is 4. The van der Waals surface area contributed by atoms with Crippen LogP contribution in [0, 0.1) is 0 Å². The molecular formula is C15H19N3S2. The lowest BCUT2D eigenvalue weighted by molar-refractivity contribution is 0.617. The third-order valence-corrected chi connectivity index (χ3v) is 6.82. The summed E-state index contributed by atoms with van der Waals surface area (Å²) in [6, 6.07) is 12.3. The van der Waals surface area contributed by atoms with Crippen molar-refractivity contribution in [1.82, 2.24) is 9.78 Å². The van der Waals surface area contributed by atoms with Crippen molar-refractivity contribution in [3.8, 4) is 5.69 Å². The van der Waals surface area contributed by atoms with Crippen molar-refractivity contribution in [3.63, 3.8) is 0 Å². The summed E-state index contributed by atoms with van der Waals surface area (Å²) in [7, 11) is 0. The first-order valence-electron chi connectivity index (χ1n) is 6.85. The fourth-order valence-corrected chi connectivity index (χ4v) is 5.43. The van der Waals surface area contributed by atoms with Gasteiger partial charge in [0.05, 0.1) is 17.4 Å². The van der Waals surface area contributed by atoms with Gasteiger partial charge in [-0.1, -0.05) is 25.1 Å². The lowest BCUT2D eigenvalue weighted by atomic mass is 10.1. The molecule has 20 heavy (non-hydrogen) atoms. The Morgan fingerprint density at radius 3 is 2.70 bits per heavy atom. The minimum absolute atomic E-state index is 0.0190. The summed E-state index contributed by atoms with van der Waals surface area (Å²) in [6.07, 6.45) is 1.84. The van der Waals surface area contributed by atoms with E-state index in [0.717, 1.165) is 11.4 Å². The standard InChI is InChI=1S/C15H19N3S2/c1-11-15(20-10-9-19-11)14(16)13-7-8-17-18(13)12-5-3-2-4-6-12/h2-8,11,14-15H,9-10,16H2,1H3. The molecule has 1 saturated heterocycles. The highest BCUT2D eigenvalue weighted by Crippen LogP contribution is 2.37. The van der Waals surface area contributed by atoms with Gasteiger partial charge in [0.15, 0.2) is 0 Å². The normalized spacial score (nSPS) is 24.5. The Morgan fingerprint density at radius 2 is 1.95 bits per heavy atom. The Morgan fingerprint density at radius 1 is 1.20 bits per heavy atom. The van der Waals surface area contributed by atoms with Crippen LogP contribution in [-0.4, -0.2) is 31.8 Å². The van der Waals surface area contributed by atoms with Gasteiger partial charge >= 0.3 is 0 Å². The van der Waals surface area contributed by atoms with E-state index >= 15 is 0 Å². The molecule has 2 N–H and O–H groups in total. The Bertz CT molecular complexity index is 555. The molecule has 0 amide bonds. The van der Waals surface area contributed by atoms with Gasteiger partial charge in [-0.2, -0.15) is 28.6 Å². The van der Waals surface area contributed by atoms with Gasteiger partial charge in [0.1, 0.15) is 0 Å². The maximum atomic E-state index is 6.55. The number of para-hydroxylation sites is 1. The first-order chi connectivity index (χ1) is 9.77. The number of nitrogens with two attached hydrogens (primary N) is 1. The molecule has 1 aromatic heterocycles. The van der Waals surface area contributed by atoms with Crippen LogP contribution in [0.4, 0.5) is 0 Å². The van der Waals surface area contributed by atoms with Crippen molar-refractivity contribution in [2.24, 2.45) is 5.73 Å². The first kappa shape index (κ1) is 14.0. The van der Waals surface area contributed by atoms with Crippen LogP contribution in [0.25, 0.3) is 5.69 Å². The summed E-state index contributed by atoms with van der Waals surface area (Å²) in [4.78, 5) is 0. The van der Waals surface area contributed by atoms with E-state index in [1.165, 1.54) is 11.5 Å². The van der Waals surface area contributed by atoms with Crippen LogP contribution in [-0.2, 0) is 0 Å². The van der Waals surface area contributed by atoms with Crippen molar-refractivity contribution in [1.29, 1.82) is 0 Å². The molecule has 2 aromatic rings.